The van der Waals surface area contributed by atoms with Gasteiger partial charge < -0.3 is 5.32 Å². The minimum Gasteiger partial charge on any atom is -0.354 e. The molecule has 0 aliphatic carbocycles. The fourth-order valence-electron chi connectivity index (χ4n) is 2.19. The highest BCUT2D eigenvalue weighted by Crippen LogP contribution is 2.23. The Morgan fingerprint density at radius 2 is 2.21 bits per heavy atom. The number of fused-ring (bicyclic) bond motifs is 3. The van der Waals surface area contributed by atoms with E-state index in [1.165, 1.54) is 0 Å². The molecule has 1 amide bonds. The first-order valence-electron chi connectivity index (χ1n) is 6.28. The van der Waals surface area contributed by atoms with Crippen LogP contribution in [0.4, 0.5) is 0 Å². The highest BCUT2D eigenvalue weighted by atomic mass is 32.1. The number of thiazole rings is 1. The summed E-state index contributed by atoms with van der Waals surface area (Å²) in [5.41, 5.74) is 3.03. The average Bonchev–Trinajstić information content (AvgIpc) is 2.88. The van der Waals surface area contributed by atoms with E-state index in [0.717, 1.165) is 21.7 Å². The van der Waals surface area contributed by atoms with Crippen LogP contribution in [0.15, 0.2) is 29.6 Å². The van der Waals surface area contributed by atoms with Crippen LogP contribution in [0.1, 0.15) is 19.5 Å². The summed E-state index contributed by atoms with van der Waals surface area (Å²) < 4.78 is 2.07. The van der Waals surface area contributed by atoms with E-state index in [4.69, 9.17) is 0 Å². The van der Waals surface area contributed by atoms with Crippen molar-refractivity contribution >= 4 is 33.2 Å². The molecule has 1 aromatic carbocycles. The Kier molecular flexibility index (Phi) is 2.98. The van der Waals surface area contributed by atoms with E-state index < -0.39 is 0 Å². The lowest BCUT2D eigenvalue weighted by Gasteiger charge is -2.07. The summed E-state index contributed by atoms with van der Waals surface area (Å²) in [6.45, 7) is 3.93. The van der Waals surface area contributed by atoms with E-state index in [0.29, 0.717) is 6.42 Å². The number of hydrogen-bond donors (Lipinski definition) is 1. The van der Waals surface area contributed by atoms with Gasteiger partial charge >= 0.3 is 0 Å². The summed E-state index contributed by atoms with van der Waals surface area (Å²) in [7, 11) is 0. The molecule has 98 valence electrons. The van der Waals surface area contributed by atoms with Gasteiger partial charge in [-0.2, -0.15) is 0 Å². The van der Waals surface area contributed by atoms with E-state index in [1.54, 1.807) is 11.3 Å². The van der Waals surface area contributed by atoms with Crippen molar-refractivity contribution in [1.82, 2.24) is 14.7 Å². The number of benzene rings is 1. The van der Waals surface area contributed by atoms with Crippen molar-refractivity contribution in [3.63, 3.8) is 0 Å². The van der Waals surface area contributed by atoms with Gasteiger partial charge in [0.25, 0.3) is 0 Å². The second kappa shape index (κ2) is 4.66. The Labute approximate surface area is 115 Å². The van der Waals surface area contributed by atoms with Gasteiger partial charge in [-0.25, -0.2) is 4.98 Å². The molecule has 19 heavy (non-hydrogen) atoms. The maximum absolute atomic E-state index is 11.9. The van der Waals surface area contributed by atoms with Gasteiger partial charge in [0.1, 0.15) is 0 Å². The molecule has 0 radical (unpaired) electrons. The maximum atomic E-state index is 11.9. The van der Waals surface area contributed by atoms with Crippen LogP contribution in [0.5, 0.6) is 0 Å². The van der Waals surface area contributed by atoms with Crippen molar-refractivity contribution in [2.45, 2.75) is 26.3 Å². The highest BCUT2D eigenvalue weighted by Gasteiger charge is 2.13. The van der Waals surface area contributed by atoms with E-state index >= 15 is 0 Å². The lowest BCUT2D eigenvalue weighted by molar-refractivity contribution is -0.120. The van der Waals surface area contributed by atoms with Crippen molar-refractivity contribution in [3.8, 4) is 0 Å². The van der Waals surface area contributed by atoms with Gasteiger partial charge in [0.2, 0.25) is 5.91 Å². The fraction of sp³-hybridized carbons (Fsp3) is 0.286. The molecule has 0 spiro atoms. The Balaban J connectivity index is 2.02. The van der Waals surface area contributed by atoms with Crippen molar-refractivity contribution in [2.24, 2.45) is 0 Å². The van der Waals surface area contributed by atoms with Crippen LogP contribution < -0.4 is 5.32 Å². The molecule has 3 aromatic rings. The second-order valence-electron chi connectivity index (χ2n) is 4.84. The van der Waals surface area contributed by atoms with Crippen LogP contribution in [0.3, 0.4) is 0 Å². The van der Waals surface area contributed by atoms with Crippen LogP contribution in [0, 0.1) is 0 Å². The van der Waals surface area contributed by atoms with E-state index in [9.17, 15) is 4.79 Å². The zero-order valence-electron chi connectivity index (χ0n) is 10.9. The molecule has 0 unspecified atom stereocenters. The molecule has 2 heterocycles. The molecule has 1 N–H and O–H groups in total. The molecule has 0 fully saturated rings. The Morgan fingerprint density at radius 3 is 3.00 bits per heavy atom. The first-order chi connectivity index (χ1) is 9.15. The third kappa shape index (κ3) is 2.21. The first-order valence-corrected chi connectivity index (χ1v) is 7.16. The topological polar surface area (TPSA) is 46.4 Å². The number of amides is 1. The summed E-state index contributed by atoms with van der Waals surface area (Å²) >= 11 is 1.57. The third-order valence-corrected chi connectivity index (χ3v) is 3.78. The predicted molar refractivity (Wildman–Crippen MR) is 77.6 cm³/mol. The molecule has 0 aliphatic rings. The summed E-state index contributed by atoms with van der Waals surface area (Å²) in [6, 6.07) is 8.16. The first kappa shape index (κ1) is 12.2. The number of carbonyl (C=O) groups excluding carboxylic acids is 1. The van der Waals surface area contributed by atoms with Crippen molar-refractivity contribution in [2.75, 3.05) is 0 Å². The molecule has 0 atom stereocenters. The molecule has 3 rings (SSSR count). The smallest absolute Gasteiger partial charge is 0.226 e. The largest absolute Gasteiger partial charge is 0.354 e. The van der Waals surface area contributed by atoms with Crippen LogP contribution in [0.25, 0.3) is 16.0 Å². The number of hydrogen-bond acceptors (Lipinski definition) is 3. The summed E-state index contributed by atoms with van der Waals surface area (Å²) in [5, 5.41) is 4.93. The number of rotatable bonds is 3. The van der Waals surface area contributed by atoms with Crippen molar-refractivity contribution < 1.29 is 4.79 Å². The minimum atomic E-state index is 0.0486. The molecule has 0 saturated carbocycles. The third-order valence-electron chi connectivity index (χ3n) is 2.91. The minimum absolute atomic E-state index is 0.0486. The van der Waals surface area contributed by atoms with E-state index in [1.807, 2.05) is 43.5 Å². The number of nitrogens with one attached hydrogen (secondary N) is 1. The van der Waals surface area contributed by atoms with Gasteiger partial charge in [0.15, 0.2) is 4.96 Å². The fourth-order valence-corrected chi connectivity index (χ4v) is 3.09. The van der Waals surface area contributed by atoms with E-state index in [-0.39, 0.29) is 11.9 Å². The monoisotopic (exact) mass is 273 g/mol. The molecule has 0 aliphatic heterocycles. The number of carbonyl (C=O) groups is 1. The zero-order valence-corrected chi connectivity index (χ0v) is 11.7. The lowest BCUT2D eigenvalue weighted by Crippen LogP contribution is -2.31. The van der Waals surface area contributed by atoms with Gasteiger partial charge in [-0.3, -0.25) is 9.20 Å². The molecule has 5 heteroatoms. The van der Waals surface area contributed by atoms with Gasteiger partial charge in [-0.1, -0.05) is 12.1 Å². The Morgan fingerprint density at radius 1 is 1.42 bits per heavy atom. The van der Waals surface area contributed by atoms with Crippen LogP contribution in [-0.2, 0) is 11.2 Å². The van der Waals surface area contributed by atoms with Gasteiger partial charge in [0.05, 0.1) is 17.5 Å². The van der Waals surface area contributed by atoms with Crippen molar-refractivity contribution in [3.05, 3.63) is 35.3 Å². The summed E-state index contributed by atoms with van der Waals surface area (Å²) in [6.07, 6.45) is 0.387. The lowest BCUT2D eigenvalue weighted by atomic mass is 10.2. The Bertz CT molecular complexity index is 741. The molecule has 2 aromatic heterocycles. The van der Waals surface area contributed by atoms with Gasteiger partial charge in [0, 0.05) is 17.1 Å². The SMILES string of the molecule is CC(C)NC(=O)Cc1csc2nc3ccccc3n12. The molecule has 4 nitrogen and oxygen atoms in total. The standard InChI is InChI=1S/C14H15N3OS/c1-9(2)15-13(18)7-10-8-19-14-16-11-5-3-4-6-12(11)17(10)14/h3-6,8-9H,7H2,1-2H3,(H,15,18). The van der Waals surface area contributed by atoms with Crippen LogP contribution in [0.2, 0.25) is 0 Å². The number of nitrogens with zero attached hydrogens (tertiary/aromatic N) is 2. The number of para-hydroxylation sites is 2. The maximum Gasteiger partial charge on any atom is 0.226 e. The normalized spacial score (nSPS) is 11.5. The van der Waals surface area contributed by atoms with Crippen LogP contribution in [-0.4, -0.2) is 21.3 Å². The number of aromatic nitrogens is 2. The average molecular weight is 273 g/mol. The summed E-state index contributed by atoms with van der Waals surface area (Å²) in [5.74, 6) is 0.0486. The molecular formula is C14H15N3OS. The van der Waals surface area contributed by atoms with Crippen LogP contribution >= 0.6 is 11.3 Å². The van der Waals surface area contributed by atoms with Crippen molar-refractivity contribution in [1.29, 1.82) is 0 Å². The van der Waals surface area contributed by atoms with Gasteiger partial charge in [-0.05, 0) is 26.0 Å². The second-order valence-corrected chi connectivity index (χ2v) is 5.68. The summed E-state index contributed by atoms with van der Waals surface area (Å²) in [4.78, 5) is 17.4. The van der Waals surface area contributed by atoms with Gasteiger partial charge in [-0.15, -0.1) is 11.3 Å². The molecule has 0 saturated heterocycles. The predicted octanol–water partition coefficient (Wildman–Crippen LogP) is 2.62. The Hall–Kier alpha value is -1.88. The molecule has 0 bridgehead atoms. The quantitative estimate of drug-likeness (QED) is 0.797. The van der Waals surface area contributed by atoms with E-state index in [2.05, 4.69) is 14.7 Å². The zero-order chi connectivity index (χ0) is 13.4. The highest BCUT2D eigenvalue weighted by molar-refractivity contribution is 7.15. The number of imidazole rings is 1. The molecular weight excluding hydrogens is 258 g/mol.